The van der Waals surface area contributed by atoms with Crippen molar-refractivity contribution in [3.63, 3.8) is 0 Å². The molecule has 8 heteroatoms. The van der Waals surface area contributed by atoms with E-state index < -0.39 is 10.4 Å². The molecule has 0 spiro atoms. The molecule has 0 rings (SSSR count). The minimum absolute atomic E-state index is 0.181. The summed E-state index contributed by atoms with van der Waals surface area (Å²) < 4.78 is 31.6. The lowest BCUT2D eigenvalue weighted by Gasteiger charge is -1.91. The molecule has 0 saturated heterocycles. The number of hydrogen-bond donors (Lipinski definition) is 4. The molecule has 0 heterocycles. The van der Waals surface area contributed by atoms with Crippen LogP contribution in [0, 0.1) is 0 Å². The van der Waals surface area contributed by atoms with E-state index in [1.807, 2.05) is 13.0 Å². The Bertz CT molecular complexity index is 285. The van der Waals surface area contributed by atoms with E-state index in [-0.39, 0.29) is 5.96 Å². The van der Waals surface area contributed by atoms with Gasteiger partial charge in [-0.15, -0.1) is 0 Å². The number of unbranched alkanes of at least 4 members (excludes halogenated alkanes) is 1. The Morgan fingerprint density at radius 1 is 1.40 bits per heavy atom. The van der Waals surface area contributed by atoms with Crippen molar-refractivity contribution in [1.82, 2.24) is 0 Å². The number of nitrogens with two attached hydrogens (primary N) is 2. The first-order chi connectivity index (χ1) is 6.77. The number of hydrogen-bond acceptors (Lipinski definition) is 3. The number of aliphatic imine (C=N–C) groups is 1. The van der Waals surface area contributed by atoms with Gasteiger partial charge in [-0.2, -0.15) is 8.42 Å². The SMILES string of the molecule is C/C=C/CCCN=C(N)N.O=S(=O)(O)O. The van der Waals surface area contributed by atoms with E-state index in [2.05, 4.69) is 11.1 Å². The van der Waals surface area contributed by atoms with E-state index in [0.717, 1.165) is 19.4 Å². The monoisotopic (exact) mass is 239 g/mol. The fourth-order valence-corrected chi connectivity index (χ4v) is 0.584. The number of nitrogens with zero attached hydrogens (tertiary/aromatic N) is 1. The first kappa shape index (κ1) is 16.3. The Balaban J connectivity index is 0. The highest BCUT2D eigenvalue weighted by molar-refractivity contribution is 7.79. The highest BCUT2D eigenvalue weighted by atomic mass is 32.3. The van der Waals surface area contributed by atoms with Gasteiger partial charge in [0.25, 0.3) is 0 Å². The summed E-state index contributed by atoms with van der Waals surface area (Å²) in [6.45, 7) is 2.73. The van der Waals surface area contributed by atoms with E-state index in [0.29, 0.717) is 0 Å². The number of allylic oxidation sites excluding steroid dienone is 2. The van der Waals surface area contributed by atoms with Crippen LogP contribution in [0.5, 0.6) is 0 Å². The normalized spacial score (nSPS) is 10.6. The summed E-state index contributed by atoms with van der Waals surface area (Å²) in [5.41, 5.74) is 10.2. The summed E-state index contributed by atoms with van der Waals surface area (Å²) in [7, 11) is -4.67. The fraction of sp³-hybridized carbons (Fsp3) is 0.571. The van der Waals surface area contributed by atoms with Crippen molar-refractivity contribution in [1.29, 1.82) is 0 Å². The molecule has 7 nitrogen and oxygen atoms in total. The van der Waals surface area contributed by atoms with Crippen LogP contribution in [-0.4, -0.2) is 30.0 Å². The zero-order valence-corrected chi connectivity index (χ0v) is 9.31. The fourth-order valence-electron chi connectivity index (χ4n) is 0.584. The summed E-state index contributed by atoms with van der Waals surface area (Å²) in [5.74, 6) is 0.181. The van der Waals surface area contributed by atoms with Crippen LogP contribution in [0.15, 0.2) is 17.1 Å². The number of rotatable bonds is 4. The lowest BCUT2D eigenvalue weighted by molar-refractivity contribution is 0.381. The smallest absolute Gasteiger partial charge is 0.370 e. The van der Waals surface area contributed by atoms with Crippen LogP contribution in [0.1, 0.15) is 19.8 Å². The topological polar surface area (TPSA) is 139 Å². The van der Waals surface area contributed by atoms with Crippen LogP contribution < -0.4 is 11.5 Å². The molecular weight excluding hydrogens is 222 g/mol. The van der Waals surface area contributed by atoms with Crippen molar-refractivity contribution in [2.45, 2.75) is 19.8 Å². The van der Waals surface area contributed by atoms with Crippen LogP contribution >= 0.6 is 0 Å². The molecule has 0 unspecified atom stereocenters. The summed E-state index contributed by atoms with van der Waals surface area (Å²) in [4.78, 5) is 3.83. The van der Waals surface area contributed by atoms with Crippen LogP contribution in [0.4, 0.5) is 0 Å². The minimum atomic E-state index is -4.67. The van der Waals surface area contributed by atoms with E-state index in [4.69, 9.17) is 29.0 Å². The predicted molar refractivity (Wildman–Crippen MR) is 58.9 cm³/mol. The predicted octanol–water partition coefficient (Wildman–Crippen LogP) is -0.0367. The molecule has 0 aromatic heterocycles. The van der Waals surface area contributed by atoms with Gasteiger partial charge in [-0.3, -0.25) is 14.1 Å². The molecule has 0 fully saturated rings. The number of guanidine groups is 1. The van der Waals surface area contributed by atoms with Gasteiger partial charge in [0.2, 0.25) is 0 Å². The van der Waals surface area contributed by atoms with Crippen molar-refractivity contribution in [2.24, 2.45) is 16.5 Å². The minimum Gasteiger partial charge on any atom is -0.370 e. The Kier molecular flexibility index (Phi) is 10.3. The van der Waals surface area contributed by atoms with Gasteiger partial charge >= 0.3 is 10.4 Å². The maximum absolute atomic E-state index is 8.74. The van der Waals surface area contributed by atoms with E-state index in [1.54, 1.807) is 0 Å². The second kappa shape index (κ2) is 9.44. The van der Waals surface area contributed by atoms with Crippen molar-refractivity contribution in [3.05, 3.63) is 12.2 Å². The maximum Gasteiger partial charge on any atom is 0.394 e. The molecule has 0 aliphatic heterocycles. The molecule has 0 atom stereocenters. The molecule has 6 N–H and O–H groups in total. The third-order valence-electron chi connectivity index (χ3n) is 1.06. The van der Waals surface area contributed by atoms with Crippen LogP contribution in [0.3, 0.4) is 0 Å². The van der Waals surface area contributed by atoms with E-state index in [9.17, 15) is 0 Å². The molecule has 0 radical (unpaired) electrons. The van der Waals surface area contributed by atoms with E-state index in [1.165, 1.54) is 0 Å². The summed E-state index contributed by atoms with van der Waals surface area (Å²) >= 11 is 0. The van der Waals surface area contributed by atoms with Gasteiger partial charge in [0.15, 0.2) is 5.96 Å². The standard InChI is InChI=1S/C7H15N3.H2O4S/c1-2-3-4-5-6-10-7(8)9;1-5(2,3)4/h2-3H,4-6H2,1H3,(H4,8,9,10);(H2,1,2,3,4)/b3-2+;. The second-order valence-corrected chi connectivity index (χ2v) is 3.36. The second-order valence-electron chi connectivity index (χ2n) is 2.47. The van der Waals surface area contributed by atoms with Crippen molar-refractivity contribution in [3.8, 4) is 0 Å². The van der Waals surface area contributed by atoms with Gasteiger partial charge in [-0.1, -0.05) is 12.2 Å². The van der Waals surface area contributed by atoms with Gasteiger partial charge in [-0.25, -0.2) is 0 Å². The lowest BCUT2D eigenvalue weighted by Crippen LogP contribution is -2.22. The Morgan fingerprint density at radius 3 is 2.20 bits per heavy atom. The van der Waals surface area contributed by atoms with Gasteiger partial charge in [0.05, 0.1) is 0 Å². The molecule has 15 heavy (non-hydrogen) atoms. The van der Waals surface area contributed by atoms with Gasteiger partial charge in [-0.05, 0) is 19.8 Å². The molecular formula is C7H17N3O4S. The third-order valence-corrected chi connectivity index (χ3v) is 1.06. The molecule has 0 aliphatic carbocycles. The quantitative estimate of drug-likeness (QED) is 0.178. The molecule has 0 aromatic carbocycles. The van der Waals surface area contributed by atoms with E-state index >= 15 is 0 Å². The highest BCUT2D eigenvalue weighted by Gasteiger charge is 1.84. The zero-order chi connectivity index (χ0) is 12.3. The Hall–Kier alpha value is -1.12. The van der Waals surface area contributed by atoms with Crippen LogP contribution in [0.2, 0.25) is 0 Å². The molecule has 0 saturated carbocycles. The molecule has 0 bridgehead atoms. The molecule has 0 aliphatic rings. The largest absolute Gasteiger partial charge is 0.394 e. The van der Waals surface area contributed by atoms with Gasteiger partial charge in [0.1, 0.15) is 0 Å². The Labute approximate surface area is 89.5 Å². The van der Waals surface area contributed by atoms with Gasteiger partial charge in [0, 0.05) is 6.54 Å². The highest BCUT2D eigenvalue weighted by Crippen LogP contribution is 1.90. The van der Waals surface area contributed by atoms with Crippen LogP contribution in [-0.2, 0) is 10.4 Å². The van der Waals surface area contributed by atoms with Crippen molar-refractivity contribution < 1.29 is 17.5 Å². The van der Waals surface area contributed by atoms with Crippen LogP contribution in [0.25, 0.3) is 0 Å². The molecule has 0 amide bonds. The summed E-state index contributed by atoms with van der Waals surface area (Å²) in [6, 6.07) is 0. The summed E-state index contributed by atoms with van der Waals surface area (Å²) in [6.07, 6.45) is 6.19. The summed E-state index contributed by atoms with van der Waals surface area (Å²) in [5, 5.41) is 0. The molecule has 90 valence electrons. The lowest BCUT2D eigenvalue weighted by atomic mass is 10.3. The molecule has 0 aromatic rings. The zero-order valence-electron chi connectivity index (χ0n) is 8.50. The van der Waals surface area contributed by atoms with Gasteiger partial charge < -0.3 is 11.5 Å². The first-order valence-electron chi connectivity index (χ1n) is 4.13. The Morgan fingerprint density at radius 2 is 1.87 bits per heavy atom. The van der Waals surface area contributed by atoms with Crippen molar-refractivity contribution in [2.75, 3.05) is 6.54 Å². The third kappa shape index (κ3) is 44.1. The average Bonchev–Trinajstić information content (AvgIpc) is 2.00. The first-order valence-corrected chi connectivity index (χ1v) is 5.53. The maximum atomic E-state index is 8.74. The van der Waals surface area contributed by atoms with Crippen molar-refractivity contribution >= 4 is 16.4 Å². The average molecular weight is 239 g/mol.